The summed E-state index contributed by atoms with van der Waals surface area (Å²) in [6.45, 7) is 0.957. The Labute approximate surface area is 120 Å². The lowest BCUT2D eigenvalue weighted by Gasteiger charge is -2.03. The second-order valence-corrected chi connectivity index (χ2v) is 5.41. The van der Waals surface area contributed by atoms with Crippen LogP contribution in [0.1, 0.15) is 24.0 Å². The molecule has 1 aliphatic carbocycles. The van der Waals surface area contributed by atoms with Gasteiger partial charge in [0.05, 0.1) is 0 Å². The Balaban J connectivity index is 0.000000147. The van der Waals surface area contributed by atoms with E-state index in [4.69, 9.17) is 0 Å². The minimum Gasteiger partial charge on any atom is -0.346 e. The normalized spacial score (nSPS) is 15.4. The molecule has 0 bridgehead atoms. The van der Waals surface area contributed by atoms with E-state index < -0.39 is 0 Å². The average molecular weight is 265 g/mol. The van der Waals surface area contributed by atoms with Gasteiger partial charge in [0.15, 0.2) is 0 Å². The van der Waals surface area contributed by atoms with Crippen molar-refractivity contribution in [2.75, 3.05) is 13.6 Å². The van der Waals surface area contributed by atoms with Crippen molar-refractivity contribution in [2.45, 2.75) is 19.3 Å². The van der Waals surface area contributed by atoms with E-state index in [2.05, 4.69) is 48.5 Å². The summed E-state index contributed by atoms with van der Waals surface area (Å²) in [5.41, 5.74) is 5.75. The molecule has 0 atom stereocenters. The molecule has 2 aliphatic rings. The third kappa shape index (κ3) is 2.46. The molecule has 1 aliphatic heterocycles. The lowest BCUT2D eigenvalue weighted by atomic mass is 10.1. The van der Waals surface area contributed by atoms with Gasteiger partial charge in [-0.05, 0) is 35.1 Å². The highest BCUT2D eigenvalue weighted by Crippen LogP contribution is 2.35. The van der Waals surface area contributed by atoms with E-state index in [0.717, 1.165) is 25.8 Å². The highest BCUT2D eigenvalue weighted by atomic mass is 16.2. The van der Waals surface area contributed by atoms with E-state index in [-0.39, 0.29) is 0 Å². The number of fused-ring (bicyclic) bond motifs is 3. The maximum absolute atomic E-state index is 10.5. The maximum Gasteiger partial charge on any atom is 0.222 e. The van der Waals surface area contributed by atoms with Gasteiger partial charge in [-0.3, -0.25) is 4.79 Å². The minimum atomic E-state index is 0.292. The fraction of sp³-hybridized carbons (Fsp3) is 0.278. The summed E-state index contributed by atoms with van der Waals surface area (Å²) in [5, 5.41) is 0. The lowest BCUT2D eigenvalue weighted by Crippen LogP contribution is -2.17. The van der Waals surface area contributed by atoms with Gasteiger partial charge >= 0.3 is 0 Å². The Morgan fingerprint density at radius 2 is 1.45 bits per heavy atom. The van der Waals surface area contributed by atoms with Gasteiger partial charge in [-0.25, -0.2) is 0 Å². The van der Waals surface area contributed by atoms with Crippen molar-refractivity contribution in [1.82, 2.24) is 4.90 Å². The van der Waals surface area contributed by atoms with Crippen molar-refractivity contribution < 1.29 is 4.79 Å². The van der Waals surface area contributed by atoms with Crippen molar-refractivity contribution in [2.24, 2.45) is 0 Å². The predicted octanol–water partition coefficient (Wildman–Crippen LogP) is 3.50. The molecule has 0 N–H and O–H groups in total. The standard InChI is InChI=1S/C13H10.C5H9NO/c1-3-7-12-10(5-1)9-11-6-2-4-8-13(11)12;1-6-4-2-3-5(6)7/h1-8H,9H2;2-4H2,1H3. The first-order chi connectivity index (χ1) is 9.75. The molecule has 2 aromatic carbocycles. The summed E-state index contributed by atoms with van der Waals surface area (Å²) in [6.07, 6.45) is 2.91. The van der Waals surface area contributed by atoms with Gasteiger partial charge in [0.1, 0.15) is 0 Å². The molecule has 102 valence electrons. The van der Waals surface area contributed by atoms with Crippen LogP contribution in [0.15, 0.2) is 48.5 Å². The third-order valence-corrected chi connectivity index (χ3v) is 4.02. The Morgan fingerprint density at radius 1 is 0.900 bits per heavy atom. The first-order valence-electron chi connectivity index (χ1n) is 7.16. The largest absolute Gasteiger partial charge is 0.346 e. The zero-order valence-electron chi connectivity index (χ0n) is 11.8. The van der Waals surface area contributed by atoms with Crippen molar-refractivity contribution in [3.05, 3.63) is 59.7 Å². The maximum atomic E-state index is 10.5. The van der Waals surface area contributed by atoms with E-state index in [1.54, 1.807) is 4.90 Å². The molecule has 1 saturated heterocycles. The van der Waals surface area contributed by atoms with Gasteiger partial charge in [-0.2, -0.15) is 0 Å². The van der Waals surface area contributed by atoms with Gasteiger partial charge in [0.25, 0.3) is 0 Å². The van der Waals surface area contributed by atoms with Gasteiger partial charge in [-0.15, -0.1) is 0 Å². The summed E-state index contributed by atoms with van der Waals surface area (Å²) in [4.78, 5) is 12.3. The smallest absolute Gasteiger partial charge is 0.222 e. The minimum absolute atomic E-state index is 0.292. The molecule has 0 saturated carbocycles. The van der Waals surface area contributed by atoms with E-state index >= 15 is 0 Å². The summed E-state index contributed by atoms with van der Waals surface area (Å²) in [5.74, 6) is 0.292. The molecule has 0 spiro atoms. The second kappa shape index (κ2) is 5.49. The average Bonchev–Trinajstić information content (AvgIpc) is 3.03. The second-order valence-electron chi connectivity index (χ2n) is 5.41. The number of hydrogen-bond acceptors (Lipinski definition) is 1. The fourth-order valence-corrected chi connectivity index (χ4v) is 2.86. The molecule has 2 nitrogen and oxygen atoms in total. The van der Waals surface area contributed by atoms with Crippen LogP contribution in [0.5, 0.6) is 0 Å². The van der Waals surface area contributed by atoms with Gasteiger partial charge in [0, 0.05) is 20.0 Å². The number of benzene rings is 2. The monoisotopic (exact) mass is 265 g/mol. The molecular weight excluding hydrogens is 246 g/mol. The van der Waals surface area contributed by atoms with E-state index in [9.17, 15) is 4.79 Å². The topological polar surface area (TPSA) is 20.3 Å². The lowest BCUT2D eigenvalue weighted by molar-refractivity contribution is -0.126. The number of carbonyl (C=O) groups is 1. The van der Waals surface area contributed by atoms with Crippen LogP contribution in [0.4, 0.5) is 0 Å². The van der Waals surface area contributed by atoms with Crippen LogP contribution >= 0.6 is 0 Å². The van der Waals surface area contributed by atoms with Gasteiger partial charge in [-0.1, -0.05) is 48.5 Å². The quantitative estimate of drug-likeness (QED) is 0.609. The summed E-state index contributed by atoms with van der Waals surface area (Å²) >= 11 is 0. The van der Waals surface area contributed by atoms with Crippen LogP contribution in [0.2, 0.25) is 0 Å². The SMILES string of the molecule is CN1CCCC1=O.c1ccc2c(c1)Cc1ccccc1-2. The first-order valence-corrected chi connectivity index (χ1v) is 7.16. The van der Waals surface area contributed by atoms with Crippen molar-refractivity contribution in [3.63, 3.8) is 0 Å². The van der Waals surface area contributed by atoms with Crippen molar-refractivity contribution in [1.29, 1.82) is 0 Å². The summed E-state index contributed by atoms with van der Waals surface area (Å²) in [7, 11) is 1.84. The zero-order valence-corrected chi connectivity index (χ0v) is 11.8. The third-order valence-electron chi connectivity index (χ3n) is 4.02. The number of likely N-dealkylation sites (tertiary alicyclic amines) is 1. The number of amides is 1. The number of hydrogen-bond donors (Lipinski definition) is 0. The Kier molecular flexibility index (Phi) is 3.55. The molecule has 1 amide bonds. The Hall–Kier alpha value is -2.09. The molecule has 1 heterocycles. The molecular formula is C18H19NO. The van der Waals surface area contributed by atoms with E-state index in [1.807, 2.05) is 7.05 Å². The number of rotatable bonds is 0. The zero-order chi connectivity index (χ0) is 13.9. The number of nitrogens with zero attached hydrogens (tertiary/aromatic N) is 1. The first kappa shape index (κ1) is 12.9. The molecule has 20 heavy (non-hydrogen) atoms. The molecule has 4 rings (SSSR count). The van der Waals surface area contributed by atoms with E-state index in [0.29, 0.717) is 5.91 Å². The Morgan fingerprint density at radius 3 is 1.85 bits per heavy atom. The van der Waals surface area contributed by atoms with E-state index in [1.165, 1.54) is 22.3 Å². The molecule has 0 unspecified atom stereocenters. The van der Waals surface area contributed by atoms with Crippen LogP contribution in [-0.4, -0.2) is 24.4 Å². The van der Waals surface area contributed by atoms with Crippen LogP contribution in [0, 0.1) is 0 Å². The van der Waals surface area contributed by atoms with Crippen LogP contribution in [-0.2, 0) is 11.2 Å². The summed E-state index contributed by atoms with van der Waals surface area (Å²) < 4.78 is 0. The molecule has 2 aromatic rings. The fourth-order valence-electron chi connectivity index (χ4n) is 2.86. The highest BCUT2D eigenvalue weighted by molar-refractivity contribution is 5.77. The predicted molar refractivity (Wildman–Crippen MR) is 81.6 cm³/mol. The van der Waals surface area contributed by atoms with Gasteiger partial charge in [0.2, 0.25) is 5.91 Å². The summed E-state index contributed by atoms with van der Waals surface area (Å²) in [6, 6.07) is 17.3. The molecule has 0 radical (unpaired) electrons. The Bertz CT molecular complexity index is 589. The van der Waals surface area contributed by atoms with Crippen LogP contribution < -0.4 is 0 Å². The van der Waals surface area contributed by atoms with Crippen molar-refractivity contribution >= 4 is 5.91 Å². The molecule has 2 heteroatoms. The van der Waals surface area contributed by atoms with Crippen LogP contribution in [0.25, 0.3) is 11.1 Å². The molecule has 1 fully saturated rings. The van der Waals surface area contributed by atoms with Crippen LogP contribution in [0.3, 0.4) is 0 Å². The van der Waals surface area contributed by atoms with Gasteiger partial charge < -0.3 is 4.90 Å². The number of carbonyl (C=O) groups excluding carboxylic acids is 1. The molecule has 0 aromatic heterocycles. The highest BCUT2D eigenvalue weighted by Gasteiger charge is 2.16. The van der Waals surface area contributed by atoms with Crippen molar-refractivity contribution in [3.8, 4) is 11.1 Å².